The average molecular weight is 226 g/mol. The Labute approximate surface area is 99.8 Å². The van der Waals surface area contributed by atoms with E-state index in [1.165, 1.54) is 12.0 Å². The number of fused-ring (bicyclic) bond motifs is 1. The van der Waals surface area contributed by atoms with Gasteiger partial charge < -0.3 is 9.73 Å². The monoisotopic (exact) mass is 226 g/mol. The van der Waals surface area contributed by atoms with E-state index < -0.39 is 5.81 Å². The van der Waals surface area contributed by atoms with Gasteiger partial charge in [0.25, 0.3) is 0 Å². The summed E-state index contributed by atoms with van der Waals surface area (Å²) in [6.45, 7) is 0.629. The molecule has 4 nitrogen and oxygen atoms in total. The van der Waals surface area contributed by atoms with E-state index in [1.807, 2.05) is 12.1 Å². The number of carbonyl (C=O) groups excluding carboxylic acids is 1. The molecular formula is C12H11BN2O2. The summed E-state index contributed by atoms with van der Waals surface area (Å²) in [5.41, 5.74) is 2.92. The van der Waals surface area contributed by atoms with Gasteiger partial charge in [0, 0.05) is 12.1 Å². The van der Waals surface area contributed by atoms with Crippen molar-refractivity contribution in [3.8, 4) is 0 Å². The average Bonchev–Trinajstić information content (AvgIpc) is 2.92. The third kappa shape index (κ3) is 1.93. The zero-order chi connectivity index (χ0) is 11.8. The van der Waals surface area contributed by atoms with Gasteiger partial charge in [-0.3, -0.25) is 4.79 Å². The molecule has 0 aliphatic heterocycles. The highest BCUT2D eigenvalue weighted by Crippen LogP contribution is 2.48. The Morgan fingerprint density at radius 2 is 2.47 bits per heavy atom. The third-order valence-electron chi connectivity index (χ3n) is 3.25. The van der Waals surface area contributed by atoms with E-state index in [9.17, 15) is 4.79 Å². The van der Waals surface area contributed by atoms with Gasteiger partial charge in [-0.15, -0.1) is 0 Å². The molecule has 1 saturated carbocycles. The fourth-order valence-electron chi connectivity index (χ4n) is 2.29. The van der Waals surface area contributed by atoms with Crippen LogP contribution in [0.15, 0.2) is 29.0 Å². The quantitative estimate of drug-likeness (QED) is 0.812. The van der Waals surface area contributed by atoms with Crippen molar-refractivity contribution in [2.24, 2.45) is 5.92 Å². The summed E-state index contributed by atoms with van der Waals surface area (Å²) in [6.07, 6.45) is 2.52. The van der Waals surface area contributed by atoms with Gasteiger partial charge in [0.15, 0.2) is 25.6 Å². The summed E-state index contributed by atoms with van der Waals surface area (Å²) >= 11 is 0. The molecule has 17 heavy (non-hydrogen) atoms. The summed E-state index contributed by atoms with van der Waals surface area (Å²) in [5, 5.41) is 2.64. The zero-order valence-corrected chi connectivity index (χ0v) is 9.22. The molecule has 1 amide bonds. The van der Waals surface area contributed by atoms with Crippen LogP contribution in [-0.4, -0.2) is 25.2 Å². The molecule has 2 aromatic rings. The molecule has 0 unspecified atom stereocenters. The Hall–Kier alpha value is -1.78. The maximum Gasteiger partial charge on any atom is 0.200 e. The summed E-state index contributed by atoms with van der Waals surface area (Å²) < 4.78 is 5.40. The van der Waals surface area contributed by atoms with Crippen LogP contribution < -0.4 is 5.32 Å². The van der Waals surface area contributed by atoms with Crippen LogP contribution in [0.2, 0.25) is 0 Å². The lowest BCUT2D eigenvalue weighted by Crippen LogP contribution is -2.24. The van der Waals surface area contributed by atoms with E-state index >= 15 is 0 Å². The molecule has 3 rings (SSSR count). The summed E-state index contributed by atoms with van der Waals surface area (Å²) in [4.78, 5) is 14.8. The summed E-state index contributed by atoms with van der Waals surface area (Å²) in [6, 6.07) is 5.97. The molecule has 1 fully saturated rings. The fourth-order valence-corrected chi connectivity index (χ4v) is 2.29. The van der Waals surface area contributed by atoms with Crippen LogP contribution in [0.5, 0.6) is 0 Å². The Balaban J connectivity index is 1.78. The molecule has 84 valence electrons. The normalized spacial score (nSPS) is 22.6. The summed E-state index contributed by atoms with van der Waals surface area (Å²) in [5.74, 6) is 0.435. The van der Waals surface area contributed by atoms with Gasteiger partial charge >= 0.3 is 0 Å². The van der Waals surface area contributed by atoms with Gasteiger partial charge in [-0.25, -0.2) is 4.98 Å². The minimum atomic E-state index is -0.464. The number of nitrogens with zero attached hydrogens (tertiary/aromatic N) is 1. The Morgan fingerprint density at radius 3 is 3.29 bits per heavy atom. The Kier molecular flexibility index (Phi) is 2.39. The number of carbonyl (C=O) groups is 1. The fraction of sp³-hybridized carbons (Fsp3) is 0.333. The van der Waals surface area contributed by atoms with Crippen LogP contribution in [-0.2, 0) is 0 Å². The van der Waals surface area contributed by atoms with Crippen LogP contribution in [0.4, 0.5) is 4.79 Å². The molecule has 1 aromatic carbocycles. The highest BCUT2D eigenvalue weighted by atomic mass is 16.3. The molecule has 2 atom stereocenters. The minimum absolute atomic E-state index is 0.443. The molecule has 5 heteroatoms. The minimum Gasteiger partial charge on any atom is -0.443 e. The molecule has 1 aromatic heterocycles. The van der Waals surface area contributed by atoms with Crippen LogP contribution >= 0.6 is 0 Å². The van der Waals surface area contributed by atoms with Gasteiger partial charge in [-0.05, 0) is 24.3 Å². The van der Waals surface area contributed by atoms with Crippen LogP contribution in [0.25, 0.3) is 11.1 Å². The standard InChI is InChI=1S/C12H11BN2O2/c13-12(16)14-5-7-4-9(7)8-2-1-3-10-11(8)17-6-15-10/h1-3,6-7,9H,4-5H2,(H,14,16)/t7-,9+/m0/s1. The Morgan fingerprint density at radius 1 is 1.59 bits per heavy atom. The first-order valence-corrected chi connectivity index (χ1v) is 5.61. The van der Waals surface area contributed by atoms with Crippen molar-refractivity contribution in [1.82, 2.24) is 10.3 Å². The van der Waals surface area contributed by atoms with Gasteiger partial charge in [0.1, 0.15) is 5.52 Å². The van der Waals surface area contributed by atoms with Crippen LogP contribution in [0, 0.1) is 5.92 Å². The van der Waals surface area contributed by atoms with E-state index in [2.05, 4.69) is 16.4 Å². The van der Waals surface area contributed by atoms with E-state index in [4.69, 9.17) is 12.3 Å². The molecule has 1 aliphatic carbocycles. The molecule has 0 bridgehead atoms. The second-order valence-corrected chi connectivity index (χ2v) is 4.40. The lowest BCUT2D eigenvalue weighted by Gasteiger charge is -2.02. The van der Waals surface area contributed by atoms with Crippen LogP contribution in [0.3, 0.4) is 0 Å². The number of para-hydroxylation sites is 1. The molecular weight excluding hydrogens is 215 g/mol. The number of amides is 1. The largest absolute Gasteiger partial charge is 0.443 e. The van der Waals surface area contributed by atoms with Crippen molar-refractivity contribution in [2.75, 3.05) is 6.54 Å². The van der Waals surface area contributed by atoms with Gasteiger partial charge in [0.05, 0.1) is 0 Å². The smallest absolute Gasteiger partial charge is 0.200 e. The highest BCUT2D eigenvalue weighted by Gasteiger charge is 2.39. The number of nitrogens with one attached hydrogen (secondary N) is 1. The SMILES string of the molecule is [B]C(=O)NC[C@@H]1C[C@H]1c1cccc2ncoc12. The van der Waals surface area contributed by atoms with Crippen molar-refractivity contribution in [1.29, 1.82) is 0 Å². The molecule has 1 aliphatic rings. The predicted octanol–water partition coefficient (Wildman–Crippen LogP) is 1.81. The maximum absolute atomic E-state index is 10.6. The predicted molar refractivity (Wildman–Crippen MR) is 64.0 cm³/mol. The van der Waals surface area contributed by atoms with E-state index in [1.54, 1.807) is 0 Å². The van der Waals surface area contributed by atoms with Gasteiger partial charge in [-0.1, -0.05) is 12.1 Å². The van der Waals surface area contributed by atoms with Gasteiger partial charge in [0.2, 0.25) is 0 Å². The van der Waals surface area contributed by atoms with E-state index in [-0.39, 0.29) is 0 Å². The van der Waals surface area contributed by atoms with Gasteiger partial charge in [-0.2, -0.15) is 0 Å². The van der Waals surface area contributed by atoms with Crippen molar-refractivity contribution in [2.45, 2.75) is 12.3 Å². The number of aromatic nitrogens is 1. The summed E-state index contributed by atoms with van der Waals surface area (Å²) in [7, 11) is 5.05. The molecule has 2 radical (unpaired) electrons. The maximum atomic E-state index is 10.6. The van der Waals surface area contributed by atoms with Crippen molar-refractivity contribution in [3.63, 3.8) is 0 Å². The molecule has 0 spiro atoms. The first-order valence-electron chi connectivity index (χ1n) is 5.61. The van der Waals surface area contributed by atoms with Crippen LogP contribution in [0.1, 0.15) is 17.9 Å². The second-order valence-electron chi connectivity index (χ2n) is 4.40. The van der Waals surface area contributed by atoms with Crippen molar-refractivity contribution in [3.05, 3.63) is 30.2 Å². The third-order valence-corrected chi connectivity index (χ3v) is 3.25. The van der Waals surface area contributed by atoms with E-state index in [0.717, 1.165) is 17.5 Å². The molecule has 1 heterocycles. The Bertz CT molecular complexity index is 566. The first-order chi connectivity index (χ1) is 8.25. The lowest BCUT2D eigenvalue weighted by atomic mass is 10.1. The molecule has 0 saturated heterocycles. The molecule has 1 N–H and O–H groups in total. The lowest BCUT2D eigenvalue weighted by molar-refractivity contribution is 0.259. The number of hydrogen-bond acceptors (Lipinski definition) is 3. The number of hydrogen-bond donors (Lipinski definition) is 1. The topological polar surface area (TPSA) is 55.1 Å². The number of oxazole rings is 1. The number of rotatable bonds is 3. The first kappa shape index (κ1) is 10.4. The van der Waals surface area contributed by atoms with E-state index in [0.29, 0.717) is 18.4 Å². The second kappa shape index (κ2) is 3.91. The number of benzene rings is 1. The van der Waals surface area contributed by atoms with Crippen molar-refractivity contribution < 1.29 is 9.21 Å². The highest BCUT2D eigenvalue weighted by molar-refractivity contribution is 6.57. The zero-order valence-electron chi connectivity index (χ0n) is 9.22. The van der Waals surface area contributed by atoms with Crippen molar-refractivity contribution >= 4 is 24.8 Å².